The minimum absolute atomic E-state index is 0.112. The number of nitrogens with zero attached hydrogens (tertiary/aromatic N) is 3. The van der Waals surface area contributed by atoms with E-state index in [1.807, 2.05) is 0 Å². The molecule has 0 saturated heterocycles. The van der Waals surface area contributed by atoms with E-state index < -0.39 is 5.97 Å². The predicted molar refractivity (Wildman–Crippen MR) is 57.2 cm³/mol. The predicted octanol–water partition coefficient (Wildman–Crippen LogP) is 2.22. The van der Waals surface area contributed by atoms with Crippen molar-refractivity contribution in [3.63, 3.8) is 0 Å². The summed E-state index contributed by atoms with van der Waals surface area (Å²) >= 11 is 0. The second-order valence-corrected chi connectivity index (χ2v) is 2.80. The van der Waals surface area contributed by atoms with Crippen LogP contribution in [0.1, 0.15) is 5.56 Å². The maximum atomic E-state index is 11.2. The van der Waals surface area contributed by atoms with Crippen LogP contribution in [0.5, 0.6) is 5.75 Å². The third-order valence-corrected chi connectivity index (χ3v) is 1.74. The first kappa shape index (κ1) is 11.6. The molecule has 0 saturated carbocycles. The van der Waals surface area contributed by atoms with Gasteiger partial charge in [-0.05, 0) is 29.3 Å². The van der Waals surface area contributed by atoms with Gasteiger partial charge in [0.2, 0.25) is 0 Å². The molecule has 0 fully saturated rings. The second-order valence-electron chi connectivity index (χ2n) is 2.80. The number of aromatic hydroxyl groups is 1. The molecule has 0 radical (unpaired) electrons. The second kappa shape index (κ2) is 5.43. The summed E-state index contributed by atoms with van der Waals surface area (Å²) in [5.74, 6) is -0.605. The molecule has 0 aliphatic heterocycles. The number of hydrogen-bond acceptors (Lipinski definition) is 4. The number of ether oxygens (including phenoxy) is 1. The molecule has 1 rings (SSSR count). The SMILES string of the molecule is COC(=O)C(=Cc1ccc(O)cc1)N=[N+]=[N-]. The lowest BCUT2D eigenvalue weighted by atomic mass is 10.2. The molecule has 0 bridgehead atoms. The molecular weight excluding hydrogens is 210 g/mol. The van der Waals surface area contributed by atoms with Crippen molar-refractivity contribution in [1.82, 2.24) is 0 Å². The van der Waals surface area contributed by atoms with Gasteiger partial charge >= 0.3 is 5.97 Å². The van der Waals surface area contributed by atoms with Crippen LogP contribution in [0.15, 0.2) is 35.1 Å². The molecule has 0 aliphatic carbocycles. The highest BCUT2D eigenvalue weighted by atomic mass is 16.5. The van der Waals surface area contributed by atoms with E-state index in [1.54, 1.807) is 12.1 Å². The largest absolute Gasteiger partial charge is 0.508 e. The first-order valence-electron chi connectivity index (χ1n) is 4.31. The molecule has 0 unspecified atom stereocenters. The normalized spacial score (nSPS) is 10.4. The summed E-state index contributed by atoms with van der Waals surface area (Å²) in [5, 5.41) is 12.3. The van der Waals surface area contributed by atoms with Gasteiger partial charge in [-0.25, -0.2) is 4.79 Å². The average molecular weight is 219 g/mol. The summed E-state index contributed by atoms with van der Waals surface area (Å²) in [6.45, 7) is 0. The summed E-state index contributed by atoms with van der Waals surface area (Å²) < 4.78 is 4.44. The van der Waals surface area contributed by atoms with E-state index in [4.69, 9.17) is 10.6 Å². The molecule has 1 aromatic carbocycles. The molecular formula is C10H9N3O3. The van der Waals surface area contributed by atoms with Crippen LogP contribution in [-0.4, -0.2) is 18.2 Å². The van der Waals surface area contributed by atoms with Crippen LogP contribution in [-0.2, 0) is 9.53 Å². The van der Waals surface area contributed by atoms with E-state index >= 15 is 0 Å². The number of benzene rings is 1. The number of phenols is 1. The topological polar surface area (TPSA) is 95.3 Å². The van der Waals surface area contributed by atoms with E-state index in [0.717, 1.165) is 0 Å². The Labute approximate surface area is 91.4 Å². The maximum Gasteiger partial charge on any atom is 0.340 e. The molecule has 1 N–H and O–H groups in total. The molecule has 0 spiro atoms. The van der Waals surface area contributed by atoms with Crippen molar-refractivity contribution < 1.29 is 14.6 Å². The van der Waals surface area contributed by atoms with Crippen molar-refractivity contribution in [2.75, 3.05) is 7.11 Å². The summed E-state index contributed by atoms with van der Waals surface area (Å²) in [6, 6.07) is 6.06. The minimum Gasteiger partial charge on any atom is -0.508 e. The fourth-order valence-corrected chi connectivity index (χ4v) is 1.01. The van der Waals surface area contributed by atoms with Gasteiger partial charge in [0, 0.05) is 4.91 Å². The summed E-state index contributed by atoms with van der Waals surface area (Å²) in [5.41, 5.74) is 8.75. The number of phenolic OH excluding ortho intramolecular Hbond substituents is 1. The summed E-state index contributed by atoms with van der Waals surface area (Å²) in [7, 11) is 1.19. The Morgan fingerprint density at radius 3 is 2.62 bits per heavy atom. The van der Waals surface area contributed by atoms with Gasteiger partial charge in [0.05, 0.1) is 7.11 Å². The molecule has 6 nitrogen and oxygen atoms in total. The van der Waals surface area contributed by atoms with E-state index in [9.17, 15) is 4.79 Å². The molecule has 0 aromatic heterocycles. The Balaban J connectivity index is 3.06. The van der Waals surface area contributed by atoms with Gasteiger partial charge in [0.15, 0.2) is 0 Å². The van der Waals surface area contributed by atoms with Crippen molar-refractivity contribution in [3.05, 3.63) is 46.0 Å². The standard InChI is InChI=1S/C10H9N3O3/c1-16-10(15)9(12-13-11)6-7-2-4-8(14)5-3-7/h2-6,14H,1H3. The lowest BCUT2D eigenvalue weighted by Crippen LogP contribution is -2.01. The van der Waals surface area contributed by atoms with Gasteiger partial charge in [-0.15, -0.1) is 0 Å². The molecule has 6 heteroatoms. The fourth-order valence-electron chi connectivity index (χ4n) is 1.01. The van der Waals surface area contributed by atoms with Gasteiger partial charge < -0.3 is 9.84 Å². The van der Waals surface area contributed by atoms with Crippen LogP contribution in [0.3, 0.4) is 0 Å². The van der Waals surface area contributed by atoms with Gasteiger partial charge in [0.1, 0.15) is 11.4 Å². The van der Waals surface area contributed by atoms with Gasteiger partial charge in [-0.2, -0.15) is 0 Å². The summed E-state index contributed by atoms with van der Waals surface area (Å²) in [4.78, 5) is 13.7. The van der Waals surface area contributed by atoms with E-state index in [-0.39, 0.29) is 11.4 Å². The molecule has 0 aliphatic rings. The number of rotatable bonds is 3. The lowest BCUT2D eigenvalue weighted by Gasteiger charge is -1.99. The van der Waals surface area contributed by atoms with Crippen molar-refractivity contribution in [2.24, 2.45) is 5.11 Å². The van der Waals surface area contributed by atoms with Crippen LogP contribution in [0.2, 0.25) is 0 Å². The fraction of sp³-hybridized carbons (Fsp3) is 0.100. The van der Waals surface area contributed by atoms with Crippen LogP contribution >= 0.6 is 0 Å². The first-order valence-corrected chi connectivity index (χ1v) is 4.31. The zero-order chi connectivity index (χ0) is 12.0. The third-order valence-electron chi connectivity index (χ3n) is 1.74. The van der Waals surface area contributed by atoms with Gasteiger partial charge in [0.25, 0.3) is 0 Å². The number of carbonyl (C=O) groups is 1. The van der Waals surface area contributed by atoms with Crippen molar-refractivity contribution in [2.45, 2.75) is 0 Å². The Bertz CT molecular complexity index is 459. The maximum absolute atomic E-state index is 11.2. The minimum atomic E-state index is -0.717. The van der Waals surface area contributed by atoms with Crippen molar-refractivity contribution in [1.29, 1.82) is 0 Å². The van der Waals surface area contributed by atoms with Crippen LogP contribution in [0.4, 0.5) is 0 Å². The van der Waals surface area contributed by atoms with Crippen molar-refractivity contribution in [3.8, 4) is 5.75 Å². The zero-order valence-electron chi connectivity index (χ0n) is 8.49. The van der Waals surface area contributed by atoms with E-state index in [2.05, 4.69) is 14.8 Å². The summed E-state index contributed by atoms with van der Waals surface area (Å²) in [6.07, 6.45) is 1.37. The highest BCUT2D eigenvalue weighted by Gasteiger charge is 2.06. The monoisotopic (exact) mass is 219 g/mol. The molecule has 0 amide bonds. The molecule has 82 valence electrons. The van der Waals surface area contributed by atoms with Gasteiger partial charge in [-0.3, -0.25) is 0 Å². The van der Waals surface area contributed by atoms with Crippen LogP contribution < -0.4 is 0 Å². The Morgan fingerprint density at radius 2 is 2.12 bits per heavy atom. The Kier molecular flexibility index (Phi) is 3.94. The number of esters is 1. The van der Waals surface area contributed by atoms with E-state index in [1.165, 1.54) is 25.3 Å². The van der Waals surface area contributed by atoms with Gasteiger partial charge in [-0.1, -0.05) is 17.2 Å². The highest BCUT2D eigenvalue weighted by Crippen LogP contribution is 2.14. The molecule has 0 heterocycles. The first-order chi connectivity index (χ1) is 7.67. The highest BCUT2D eigenvalue weighted by molar-refractivity contribution is 5.93. The van der Waals surface area contributed by atoms with Crippen molar-refractivity contribution >= 4 is 12.0 Å². The quantitative estimate of drug-likeness (QED) is 0.277. The van der Waals surface area contributed by atoms with Crippen LogP contribution in [0, 0.1) is 0 Å². The average Bonchev–Trinajstić information content (AvgIpc) is 2.30. The molecule has 0 atom stereocenters. The number of azide groups is 1. The number of methoxy groups -OCH3 is 1. The third kappa shape index (κ3) is 3.04. The molecule has 16 heavy (non-hydrogen) atoms. The number of carbonyl (C=O) groups excluding carboxylic acids is 1. The van der Waals surface area contributed by atoms with Crippen LogP contribution in [0.25, 0.3) is 16.5 Å². The van der Waals surface area contributed by atoms with E-state index in [0.29, 0.717) is 5.56 Å². The Morgan fingerprint density at radius 1 is 1.50 bits per heavy atom. The smallest absolute Gasteiger partial charge is 0.340 e. The zero-order valence-corrected chi connectivity index (χ0v) is 8.49. The number of hydrogen-bond donors (Lipinski definition) is 1. The lowest BCUT2D eigenvalue weighted by molar-refractivity contribution is -0.136. The molecule has 1 aromatic rings. The Hall–Kier alpha value is -2.46.